The lowest BCUT2D eigenvalue weighted by molar-refractivity contribution is 0.196. The van der Waals surface area contributed by atoms with Crippen LogP contribution in [-0.2, 0) is 0 Å². The molecule has 1 heterocycles. The minimum atomic E-state index is -0.340. The number of carbonyl (C=O) groups is 1. The first kappa shape index (κ1) is 16.5. The van der Waals surface area contributed by atoms with Gasteiger partial charge in [-0.15, -0.1) is 0 Å². The first-order valence-corrected chi connectivity index (χ1v) is 8.14. The molecule has 2 N–H and O–H groups in total. The number of nitrogens with zero attached hydrogens (tertiary/aromatic N) is 1. The van der Waals surface area contributed by atoms with E-state index in [1.165, 1.54) is 12.1 Å². The van der Waals surface area contributed by atoms with Crippen molar-refractivity contribution in [1.29, 1.82) is 0 Å². The van der Waals surface area contributed by atoms with Crippen LogP contribution in [0.15, 0.2) is 54.6 Å². The molecular weight excluding hydrogens is 307 g/mol. The van der Waals surface area contributed by atoms with Gasteiger partial charge in [0, 0.05) is 25.6 Å². The molecule has 0 radical (unpaired) electrons. The van der Waals surface area contributed by atoms with Gasteiger partial charge in [0.15, 0.2) is 0 Å². The van der Waals surface area contributed by atoms with Crippen molar-refractivity contribution in [1.82, 2.24) is 10.2 Å². The molecule has 5 heteroatoms. The quantitative estimate of drug-likeness (QED) is 0.907. The van der Waals surface area contributed by atoms with Gasteiger partial charge >= 0.3 is 6.03 Å². The second kappa shape index (κ2) is 7.45. The lowest BCUT2D eigenvalue weighted by atomic mass is 9.99. The molecule has 1 saturated heterocycles. The van der Waals surface area contributed by atoms with Crippen LogP contribution in [0.5, 0.6) is 0 Å². The summed E-state index contributed by atoms with van der Waals surface area (Å²) in [7, 11) is 0. The Labute approximate surface area is 140 Å². The lowest BCUT2D eigenvalue weighted by Gasteiger charge is -2.24. The van der Waals surface area contributed by atoms with E-state index in [2.05, 4.69) is 5.32 Å². The zero-order chi connectivity index (χ0) is 16.9. The number of benzene rings is 2. The molecule has 1 fully saturated rings. The average Bonchev–Trinajstić information content (AvgIpc) is 3.10. The monoisotopic (exact) mass is 328 g/mol. The first-order valence-electron chi connectivity index (χ1n) is 8.14. The summed E-state index contributed by atoms with van der Waals surface area (Å²) in [6.45, 7) is 1.30. The Morgan fingerprint density at radius 2 is 1.83 bits per heavy atom. The number of carbonyl (C=O) groups excluding carboxylic acids is 1. The molecule has 126 valence electrons. The summed E-state index contributed by atoms with van der Waals surface area (Å²) >= 11 is 0. The van der Waals surface area contributed by atoms with Crippen molar-refractivity contribution in [3.05, 3.63) is 71.5 Å². The summed E-state index contributed by atoms with van der Waals surface area (Å²) in [4.78, 5) is 14.3. The summed E-state index contributed by atoms with van der Waals surface area (Å²) in [6.07, 6.45) is 0.816. The SMILES string of the molecule is O=C(NC(c1ccccc1)c1ccc(F)cc1)N1CCC(CO)C1. The van der Waals surface area contributed by atoms with Crippen LogP contribution in [0.1, 0.15) is 23.6 Å². The van der Waals surface area contributed by atoms with Crippen LogP contribution >= 0.6 is 0 Å². The second-order valence-corrected chi connectivity index (χ2v) is 6.13. The summed E-state index contributed by atoms with van der Waals surface area (Å²) in [5.74, 6) is -0.154. The number of hydrogen-bond donors (Lipinski definition) is 2. The van der Waals surface area contributed by atoms with E-state index in [9.17, 15) is 14.3 Å². The van der Waals surface area contributed by atoms with Crippen LogP contribution in [0, 0.1) is 11.7 Å². The Balaban J connectivity index is 1.80. The van der Waals surface area contributed by atoms with E-state index in [1.54, 1.807) is 17.0 Å². The van der Waals surface area contributed by atoms with E-state index < -0.39 is 0 Å². The van der Waals surface area contributed by atoms with Gasteiger partial charge in [-0.3, -0.25) is 0 Å². The average molecular weight is 328 g/mol. The van der Waals surface area contributed by atoms with E-state index in [1.807, 2.05) is 30.3 Å². The molecule has 0 spiro atoms. The van der Waals surface area contributed by atoms with Crippen molar-refractivity contribution >= 4 is 6.03 Å². The van der Waals surface area contributed by atoms with Crippen molar-refractivity contribution in [3.63, 3.8) is 0 Å². The van der Waals surface area contributed by atoms with Crippen molar-refractivity contribution in [2.75, 3.05) is 19.7 Å². The highest BCUT2D eigenvalue weighted by molar-refractivity contribution is 5.75. The summed E-state index contributed by atoms with van der Waals surface area (Å²) < 4.78 is 13.2. The molecule has 1 aliphatic rings. The van der Waals surface area contributed by atoms with Gasteiger partial charge in [-0.2, -0.15) is 0 Å². The van der Waals surface area contributed by atoms with Gasteiger partial charge in [0.05, 0.1) is 6.04 Å². The number of nitrogens with one attached hydrogen (secondary N) is 1. The molecule has 2 atom stereocenters. The zero-order valence-corrected chi connectivity index (χ0v) is 13.4. The maximum absolute atomic E-state index is 13.2. The van der Waals surface area contributed by atoms with E-state index in [0.29, 0.717) is 13.1 Å². The number of halogens is 1. The van der Waals surface area contributed by atoms with Gasteiger partial charge in [0.25, 0.3) is 0 Å². The second-order valence-electron chi connectivity index (χ2n) is 6.13. The topological polar surface area (TPSA) is 52.6 Å². The number of likely N-dealkylation sites (tertiary alicyclic amines) is 1. The van der Waals surface area contributed by atoms with Crippen LogP contribution in [0.2, 0.25) is 0 Å². The molecule has 2 unspecified atom stereocenters. The number of hydrogen-bond acceptors (Lipinski definition) is 2. The molecule has 0 bridgehead atoms. The molecule has 0 saturated carbocycles. The van der Waals surface area contributed by atoms with E-state index in [4.69, 9.17) is 0 Å². The van der Waals surface area contributed by atoms with Gasteiger partial charge < -0.3 is 15.3 Å². The molecule has 2 aromatic carbocycles. The fraction of sp³-hybridized carbons (Fsp3) is 0.316. The molecular formula is C19H21FN2O2. The number of amides is 2. The summed E-state index contributed by atoms with van der Waals surface area (Å²) in [6, 6.07) is 15.3. The number of urea groups is 1. The van der Waals surface area contributed by atoms with Crippen LogP contribution in [0.25, 0.3) is 0 Å². The van der Waals surface area contributed by atoms with Crippen molar-refractivity contribution in [3.8, 4) is 0 Å². The van der Waals surface area contributed by atoms with Gasteiger partial charge in [-0.05, 0) is 29.7 Å². The maximum Gasteiger partial charge on any atom is 0.318 e. The van der Waals surface area contributed by atoms with E-state index in [-0.39, 0.29) is 30.4 Å². The minimum Gasteiger partial charge on any atom is -0.396 e. The van der Waals surface area contributed by atoms with Crippen molar-refractivity contribution < 1.29 is 14.3 Å². The van der Waals surface area contributed by atoms with E-state index in [0.717, 1.165) is 17.5 Å². The maximum atomic E-state index is 13.2. The Kier molecular flexibility index (Phi) is 5.11. The number of aliphatic hydroxyl groups excluding tert-OH is 1. The highest BCUT2D eigenvalue weighted by Gasteiger charge is 2.27. The van der Waals surface area contributed by atoms with Crippen LogP contribution in [0.3, 0.4) is 0 Å². The fourth-order valence-electron chi connectivity index (χ4n) is 3.04. The summed E-state index contributed by atoms with van der Waals surface area (Å²) in [5, 5.41) is 12.3. The third-order valence-corrected chi connectivity index (χ3v) is 4.44. The van der Waals surface area contributed by atoms with Gasteiger partial charge in [0.2, 0.25) is 0 Å². The molecule has 0 aromatic heterocycles. The number of rotatable bonds is 4. The van der Waals surface area contributed by atoms with Crippen LogP contribution in [-0.4, -0.2) is 35.7 Å². The fourth-order valence-corrected chi connectivity index (χ4v) is 3.04. The van der Waals surface area contributed by atoms with Gasteiger partial charge in [-0.1, -0.05) is 42.5 Å². The third kappa shape index (κ3) is 3.74. The standard InChI is InChI=1S/C19H21FN2O2/c20-17-8-6-16(7-9-17)18(15-4-2-1-3-5-15)21-19(24)22-11-10-14(12-22)13-23/h1-9,14,18,23H,10-13H2,(H,21,24). The smallest absolute Gasteiger partial charge is 0.318 e. The zero-order valence-electron chi connectivity index (χ0n) is 13.4. The first-order chi connectivity index (χ1) is 11.7. The molecule has 24 heavy (non-hydrogen) atoms. The lowest BCUT2D eigenvalue weighted by Crippen LogP contribution is -2.40. The highest BCUT2D eigenvalue weighted by atomic mass is 19.1. The Bertz CT molecular complexity index is 676. The largest absolute Gasteiger partial charge is 0.396 e. The normalized spacial score (nSPS) is 18.4. The van der Waals surface area contributed by atoms with Crippen molar-refractivity contribution in [2.45, 2.75) is 12.5 Å². The minimum absolute atomic E-state index is 0.101. The third-order valence-electron chi connectivity index (χ3n) is 4.44. The molecule has 2 amide bonds. The van der Waals surface area contributed by atoms with Crippen molar-refractivity contribution in [2.24, 2.45) is 5.92 Å². The van der Waals surface area contributed by atoms with E-state index >= 15 is 0 Å². The Morgan fingerprint density at radius 3 is 2.46 bits per heavy atom. The molecule has 4 nitrogen and oxygen atoms in total. The Morgan fingerprint density at radius 1 is 1.17 bits per heavy atom. The van der Waals surface area contributed by atoms with Crippen LogP contribution in [0.4, 0.5) is 9.18 Å². The molecule has 2 aromatic rings. The predicted octanol–water partition coefficient (Wildman–Crippen LogP) is 2.94. The summed E-state index contributed by atoms with van der Waals surface area (Å²) in [5.41, 5.74) is 1.77. The van der Waals surface area contributed by atoms with Crippen LogP contribution < -0.4 is 5.32 Å². The van der Waals surface area contributed by atoms with Gasteiger partial charge in [-0.25, -0.2) is 9.18 Å². The van der Waals surface area contributed by atoms with Gasteiger partial charge in [0.1, 0.15) is 5.82 Å². The highest BCUT2D eigenvalue weighted by Crippen LogP contribution is 2.24. The Hall–Kier alpha value is -2.40. The number of aliphatic hydroxyl groups is 1. The molecule has 0 aliphatic carbocycles. The predicted molar refractivity (Wildman–Crippen MR) is 90.0 cm³/mol. The molecule has 3 rings (SSSR count). The molecule has 1 aliphatic heterocycles.